The maximum absolute atomic E-state index is 11.9. The zero-order chi connectivity index (χ0) is 27.1. The zero-order valence-electron chi connectivity index (χ0n) is 25.6. The summed E-state index contributed by atoms with van der Waals surface area (Å²) < 4.78 is 5.42. The Balaban J connectivity index is 3.23. The maximum atomic E-state index is 11.9. The van der Waals surface area contributed by atoms with Crippen LogP contribution in [0, 0.1) is 5.92 Å². The van der Waals surface area contributed by atoms with Crippen molar-refractivity contribution < 1.29 is 9.53 Å². The Bertz CT molecular complexity index is 505. The zero-order valence-corrected chi connectivity index (χ0v) is 25.6. The molecular weight excluding hydrogens is 452 g/mol. The molecular formula is C35H66O2. The highest BCUT2D eigenvalue weighted by Gasteiger charge is 2.02. The van der Waals surface area contributed by atoms with Gasteiger partial charge < -0.3 is 4.74 Å². The largest absolute Gasteiger partial charge is 0.466 e. The molecule has 0 unspecified atom stereocenters. The Morgan fingerprint density at radius 3 is 1.57 bits per heavy atom. The summed E-state index contributed by atoms with van der Waals surface area (Å²) in [5, 5.41) is 0. The lowest BCUT2D eigenvalue weighted by atomic mass is 10.0. The van der Waals surface area contributed by atoms with Crippen LogP contribution in [0.25, 0.3) is 0 Å². The Hall–Kier alpha value is -1.05. The van der Waals surface area contributed by atoms with Crippen molar-refractivity contribution in [1.29, 1.82) is 0 Å². The summed E-state index contributed by atoms with van der Waals surface area (Å²) in [5.41, 5.74) is 0. The van der Waals surface area contributed by atoms with E-state index < -0.39 is 0 Å². The van der Waals surface area contributed by atoms with Gasteiger partial charge in [0.1, 0.15) is 0 Å². The predicted octanol–water partition coefficient (Wildman–Crippen LogP) is 12.1. The first kappa shape index (κ1) is 35.9. The van der Waals surface area contributed by atoms with Crippen LogP contribution >= 0.6 is 0 Å². The minimum Gasteiger partial charge on any atom is -0.466 e. The number of hydrogen-bond acceptors (Lipinski definition) is 2. The van der Waals surface area contributed by atoms with Gasteiger partial charge in [0, 0.05) is 6.42 Å². The van der Waals surface area contributed by atoms with E-state index in [1.807, 2.05) is 0 Å². The second kappa shape index (κ2) is 31.2. The monoisotopic (exact) mass is 519 g/mol. The molecule has 37 heavy (non-hydrogen) atoms. The van der Waals surface area contributed by atoms with Crippen molar-refractivity contribution in [1.82, 2.24) is 0 Å². The van der Waals surface area contributed by atoms with Gasteiger partial charge in [0.2, 0.25) is 0 Å². The highest BCUT2D eigenvalue weighted by molar-refractivity contribution is 5.69. The molecule has 0 rings (SSSR count). The molecule has 0 radical (unpaired) electrons. The Morgan fingerprint density at radius 1 is 0.568 bits per heavy atom. The number of unbranched alkanes of at least 4 members (excludes halogenated alkanes) is 19. The summed E-state index contributed by atoms with van der Waals surface area (Å²) >= 11 is 0. The molecule has 2 heteroatoms. The van der Waals surface area contributed by atoms with Crippen molar-refractivity contribution in [3.05, 3.63) is 24.3 Å². The lowest BCUT2D eigenvalue weighted by Gasteiger charge is -2.06. The third kappa shape index (κ3) is 32.9. The summed E-state index contributed by atoms with van der Waals surface area (Å²) in [6.45, 7) is 7.53. The Morgan fingerprint density at radius 2 is 1.03 bits per heavy atom. The topological polar surface area (TPSA) is 26.3 Å². The van der Waals surface area contributed by atoms with Gasteiger partial charge in [-0.25, -0.2) is 0 Å². The quantitative estimate of drug-likeness (QED) is 0.0559. The standard InChI is InChI=1S/C35H66O2/c1-4-5-6-7-8-9-10-11-12-13-17-20-23-26-29-32-35(36)37-33-30-27-24-21-18-15-14-16-19-22-25-28-31-34(2)3/h8-9,11-12,34H,4-7,10,13-33H2,1-3H3/b9-8-,12-11-. The fourth-order valence-electron chi connectivity index (χ4n) is 4.76. The molecule has 0 spiro atoms. The summed E-state index contributed by atoms with van der Waals surface area (Å²) in [4.78, 5) is 11.9. The average molecular weight is 519 g/mol. The molecule has 0 saturated heterocycles. The number of carbonyl (C=O) groups is 1. The molecule has 0 amide bonds. The summed E-state index contributed by atoms with van der Waals surface area (Å²) in [6, 6.07) is 0. The van der Waals surface area contributed by atoms with Gasteiger partial charge in [-0.05, 0) is 50.9 Å². The number of allylic oxidation sites excluding steroid dienone is 4. The Kier molecular flexibility index (Phi) is 30.3. The fourth-order valence-corrected chi connectivity index (χ4v) is 4.76. The summed E-state index contributed by atoms with van der Waals surface area (Å²) in [6.07, 6.45) is 40.8. The van der Waals surface area contributed by atoms with Crippen LogP contribution < -0.4 is 0 Å². The molecule has 0 atom stereocenters. The second-order valence-corrected chi connectivity index (χ2v) is 11.6. The van der Waals surface area contributed by atoms with Crippen LogP contribution in [0.4, 0.5) is 0 Å². The SMILES string of the molecule is CCCCC/C=C\C/C=C\CCCCCCCC(=O)OCCCCCCCCCCCCCCC(C)C. The van der Waals surface area contributed by atoms with Crippen LogP contribution in [0.15, 0.2) is 24.3 Å². The number of hydrogen-bond donors (Lipinski definition) is 0. The summed E-state index contributed by atoms with van der Waals surface area (Å²) in [5.74, 6) is 0.877. The van der Waals surface area contributed by atoms with E-state index in [0.29, 0.717) is 13.0 Å². The molecule has 0 aliphatic rings. The molecule has 218 valence electrons. The molecule has 0 heterocycles. The second-order valence-electron chi connectivity index (χ2n) is 11.6. The minimum atomic E-state index is 0.00916. The molecule has 2 nitrogen and oxygen atoms in total. The minimum absolute atomic E-state index is 0.00916. The van der Waals surface area contributed by atoms with Gasteiger partial charge in [0.25, 0.3) is 0 Å². The molecule has 0 aromatic carbocycles. The summed E-state index contributed by atoms with van der Waals surface area (Å²) in [7, 11) is 0. The normalized spacial score (nSPS) is 11.9. The van der Waals surface area contributed by atoms with Crippen LogP contribution in [-0.4, -0.2) is 12.6 Å². The smallest absolute Gasteiger partial charge is 0.305 e. The van der Waals surface area contributed by atoms with E-state index in [1.165, 1.54) is 128 Å². The van der Waals surface area contributed by atoms with Crippen molar-refractivity contribution in [3.8, 4) is 0 Å². The molecule has 0 aliphatic carbocycles. The molecule has 0 aromatic rings. The van der Waals surface area contributed by atoms with Crippen LogP contribution in [0.5, 0.6) is 0 Å². The first-order valence-electron chi connectivity index (χ1n) is 16.6. The Labute approximate surface area is 233 Å². The molecule has 0 N–H and O–H groups in total. The average Bonchev–Trinajstić information content (AvgIpc) is 2.88. The van der Waals surface area contributed by atoms with E-state index >= 15 is 0 Å². The van der Waals surface area contributed by atoms with Crippen molar-refractivity contribution in [2.24, 2.45) is 5.92 Å². The van der Waals surface area contributed by atoms with Gasteiger partial charge in [-0.2, -0.15) is 0 Å². The molecule has 0 aliphatic heterocycles. The highest BCUT2D eigenvalue weighted by atomic mass is 16.5. The van der Waals surface area contributed by atoms with Crippen molar-refractivity contribution >= 4 is 5.97 Å². The lowest BCUT2D eigenvalue weighted by molar-refractivity contribution is -0.143. The molecule has 0 saturated carbocycles. The van der Waals surface area contributed by atoms with Crippen LogP contribution in [0.2, 0.25) is 0 Å². The molecule has 0 fully saturated rings. The first-order valence-corrected chi connectivity index (χ1v) is 16.6. The van der Waals surface area contributed by atoms with Gasteiger partial charge in [0.15, 0.2) is 0 Å². The van der Waals surface area contributed by atoms with E-state index in [9.17, 15) is 4.79 Å². The van der Waals surface area contributed by atoms with Crippen LogP contribution in [-0.2, 0) is 9.53 Å². The van der Waals surface area contributed by atoms with Crippen LogP contribution in [0.1, 0.15) is 181 Å². The third-order valence-corrected chi connectivity index (χ3v) is 7.27. The molecule has 0 bridgehead atoms. The number of rotatable bonds is 29. The van der Waals surface area contributed by atoms with Gasteiger partial charge in [-0.1, -0.05) is 154 Å². The first-order chi connectivity index (χ1) is 18.2. The third-order valence-electron chi connectivity index (χ3n) is 7.27. The fraction of sp³-hybridized carbons (Fsp3) is 0.857. The number of ether oxygens (including phenoxy) is 1. The van der Waals surface area contributed by atoms with Gasteiger partial charge in [0.05, 0.1) is 6.61 Å². The lowest BCUT2D eigenvalue weighted by Crippen LogP contribution is -2.05. The van der Waals surface area contributed by atoms with Crippen LogP contribution in [0.3, 0.4) is 0 Å². The van der Waals surface area contributed by atoms with Gasteiger partial charge in [-0.3, -0.25) is 4.79 Å². The van der Waals surface area contributed by atoms with E-state index in [2.05, 4.69) is 45.1 Å². The predicted molar refractivity (Wildman–Crippen MR) is 165 cm³/mol. The van der Waals surface area contributed by atoms with Crippen molar-refractivity contribution in [2.75, 3.05) is 6.61 Å². The van der Waals surface area contributed by atoms with Crippen molar-refractivity contribution in [3.63, 3.8) is 0 Å². The van der Waals surface area contributed by atoms with E-state index in [0.717, 1.165) is 31.6 Å². The van der Waals surface area contributed by atoms with E-state index in [4.69, 9.17) is 4.74 Å². The highest BCUT2D eigenvalue weighted by Crippen LogP contribution is 2.14. The maximum Gasteiger partial charge on any atom is 0.305 e. The number of carbonyl (C=O) groups excluding carboxylic acids is 1. The van der Waals surface area contributed by atoms with E-state index in [1.54, 1.807) is 0 Å². The van der Waals surface area contributed by atoms with Crippen molar-refractivity contribution in [2.45, 2.75) is 181 Å². The van der Waals surface area contributed by atoms with E-state index in [-0.39, 0.29) is 5.97 Å². The molecule has 0 aromatic heterocycles. The van der Waals surface area contributed by atoms with Gasteiger partial charge >= 0.3 is 5.97 Å². The number of esters is 1. The van der Waals surface area contributed by atoms with Gasteiger partial charge in [-0.15, -0.1) is 0 Å².